The Balaban J connectivity index is 1.61. The van der Waals surface area contributed by atoms with Crippen molar-refractivity contribution in [1.29, 1.82) is 0 Å². The molecule has 0 saturated heterocycles. The van der Waals surface area contributed by atoms with Crippen molar-refractivity contribution in [1.82, 2.24) is 0 Å². The number of aliphatic imine (C=N–C) groups is 1. The van der Waals surface area contributed by atoms with E-state index in [9.17, 15) is 9.59 Å². The van der Waals surface area contributed by atoms with Gasteiger partial charge in [-0.1, -0.05) is 146 Å². The number of benzene rings is 1. The SMILES string of the molecule is CCCCCCCCCCOC(=O)C1=C(C[n+]2ccccc2)N=C(C[n+]2ccccc2)C(C(=O)OCCCCCCCCCC)C1c1ccccc1. The zero-order valence-electron chi connectivity index (χ0n) is 31.9. The molecule has 0 bridgehead atoms. The van der Waals surface area contributed by atoms with Gasteiger partial charge in [-0.15, -0.1) is 0 Å². The van der Waals surface area contributed by atoms with E-state index in [-0.39, 0.29) is 5.97 Å². The van der Waals surface area contributed by atoms with Gasteiger partial charge >= 0.3 is 11.9 Å². The Morgan fingerprint density at radius 1 is 0.577 bits per heavy atom. The molecule has 3 heterocycles. The Morgan fingerprint density at radius 2 is 1.04 bits per heavy atom. The van der Waals surface area contributed by atoms with Crippen LogP contribution in [0.3, 0.4) is 0 Å². The van der Waals surface area contributed by atoms with Crippen molar-refractivity contribution < 1.29 is 28.2 Å². The summed E-state index contributed by atoms with van der Waals surface area (Å²) in [7, 11) is 0. The second-order valence-corrected chi connectivity index (χ2v) is 14.2. The number of ether oxygens (including phenoxy) is 2. The molecule has 280 valence electrons. The Kier molecular flexibility index (Phi) is 18.9. The third kappa shape index (κ3) is 13.8. The van der Waals surface area contributed by atoms with Crippen LogP contribution in [0.15, 0.2) is 108 Å². The predicted molar refractivity (Wildman–Crippen MR) is 208 cm³/mol. The minimum Gasteiger partial charge on any atom is -0.465 e. The van der Waals surface area contributed by atoms with Crippen molar-refractivity contribution in [2.24, 2.45) is 10.9 Å². The van der Waals surface area contributed by atoms with Crippen LogP contribution in [0.4, 0.5) is 0 Å². The van der Waals surface area contributed by atoms with Gasteiger partial charge in [0, 0.05) is 30.2 Å². The number of carbonyl (C=O) groups excluding carboxylic acids is 2. The highest BCUT2D eigenvalue weighted by Crippen LogP contribution is 2.40. The average molecular weight is 710 g/mol. The van der Waals surface area contributed by atoms with E-state index in [1.165, 1.54) is 64.2 Å². The van der Waals surface area contributed by atoms with Gasteiger partial charge in [0.05, 0.1) is 24.5 Å². The van der Waals surface area contributed by atoms with Gasteiger partial charge < -0.3 is 9.47 Å². The first-order valence-electron chi connectivity index (χ1n) is 20.2. The fraction of sp³-hybridized carbons (Fsp3) is 0.533. The molecule has 1 aliphatic heterocycles. The minimum absolute atomic E-state index is 0.341. The second-order valence-electron chi connectivity index (χ2n) is 14.2. The third-order valence-corrected chi connectivity index (χ3v) is 9.93. The molecular formula is C45H63N3O4+2. The normalized spacial score (nSPS) is 15.7. The quantitative estimate of drug-likeness (QED) is 0.0499. The van der Waals surface area contributed by atoms with Gasteiger partial charge in [-0.3, -0.25) is 4.79 Å². The van der Waals surface area contributed by atoms with Crippen LogP contribution in [0.1, 0.15) is 128 Å². The number of aromatic nitrogens is 2. The molecule has 3 aromatic rings. The number of hydrogen-bond donors (Lipinski definition) is 0. The van der Waals surface area contributed by atoms with Crippen LogP contribution >= 0.6 is 0 Å². The van der Waals surface area contributed by atoms with Gasteiger partial charge in [0.2, 0.25) is 0 Å². The van der Waals surface area contributed by atoms with Crippen LogP contribution in [0.5, 0.6) is 0 Å². The number of carbonyl (C=O) groups is 2. The van der Waals surface area contributed by atoms with Crippen molar-refractivity contribution in [3.8, 4) is 0 Å². The summed E-state index contributed by atoms with van der Waals surface area (Å²) in [6.07, 6.45) is 26.5. The number of hydrogen-bond acceptors (Lipinski definition) is 5. The molecule has 7 nitrogen and oxygen atoms in total. The summed E-state index contributed by atoms with van der Waals surface area (Å²) >= 11 is 0. The number of rotatable bonds is 25. The number of esters is 2. The first-order chi connectivity index (χ1) is 25.6. The molecule has 0 N–H and O–H groups in total. The minimum atomic E-state index is -0.778. The lowest BCUT2D eigenvalue weighted by Gasteiger charge is -2.32. The Labute approximate surface area is 313 Å². The van der Waals surface area contributed by atoms with Crippen molar-refractivity contribution >= 4 is 17.7 Å². The van der Waals surface area contributed by atoms with Crippen molar-refractivity contribution in [2.45, 2.75) is 136 Å². The molecule has 2 atom stereocenters. The molecule has 1 aromatic carbocycles. The van der Waals surface area contributed by atoms with Gasteiger partial charge in [0.25, 0.3) is 0 Å². The van der Waals surface area contributed by atoms with E-state index in [1.54, 1.807) is 0 Å². The molecule has 0 radical (unpaired) electrons. The van der Waals surface area contributed by atoms with Gasteiger partial charge in [0.1, 0.15) is 11.6 Å². The summed E-state index contributed by atoms with van der Waals surface area (Å²) in [5.74, 6) is -2.12. The first-order valence-corrected chi connectivity index (χ1v) is 20.2. The maximum Gasteiger partial charge on any atom is 0.336 e. The van der Waals surface area contributed by atoms with E-state index in [0.717, 1.165) is 44.1 Å². The summed E-state index contributed by atoms with van der Waals surface area (Å²) in [5, 5.41) is 0. The molecule has 7 heteroatoms. The van der Waals surface area contributed by atoms with E-state index in [4.69, 9.17) is 14.5 Å². The van der Waals surface area contributed by atoms with Gasteiger partial charge in [0.15, 0.2) is 37.9 Å². The maximum atomic E-state index is 14.4. The summed E-state index contributed by atoms with van der Waals surface area (Å²) < 4.78 is 16.2. The molecule has 2 unspecified atom stereocenters. The third-order valence-electron chi connectivity index (χ3n) is 9.93. The van der Waals surface area contributed by atoms with E-state index in [1.807, 2.05) is 101 Å². The van der Waals surface area contributed by atoms with Crippen molar-refractivity contribution in [2.75, 3.05) is 13.2 Å². The average Bonchev–Trinajstić information content (AvgIpc) is 3.17. The van der Waals surface area contributed by atoms with Crippen LogP contribution in [-0.2, 0) is 32.2 Å². The van der Waals surface area contributed by atoms with E-state index in [2.05, 4.69) is 13.8 Å². The highest BCUT2D eigenvalue weighted by Gasteiger charge is 2.46. The van der Waals surface area contributed by atoms with Crippen LogP contribution in [0.2, 0.25) is 0 Å². The Hall–Kier alpha value is -4.13. The van der Waals surface area contributed by atoms with Crippen LogP contribution in [-0.4, -0.2) is 30.9 Å². The van der Waals surface area contributed by atoms with Crippen LogP contribution in [0.25, 0.3) is 0 Å². The van der Waals surface area contributed by atoms with Crippen LogP contribution < -0.4 is 9.13 Å². The Bertz CT molecular complexity index is 1510. The molecular weight excluding hydrogens is 647 g/mol. The molecule has 4 rings (SSSR count). The molecule has 0 fully saturated rings. The van der Waals surface area contributed by atoms with E-state index >= 15 is 0 Å². The zero-order chi connectivity index (χ0) is 36.6. The van der Waals surface area contributed by atoms with Crippen molar-refractivity contribution in [3.05, 3.63) is 108 Å². The first kappa shape index (κ1) is 40.6. The second kappa shape index (κ2) is 24.2. The van der Waals surface area contributed by atoms with E-state index in [0.29, 0.717) is 43.3 Å². The number of unbranched alkanes of at least 4 members (excludes halogenated alkanes) is 14. The van der Waals surface area contributed by atoms with Gasteiger partial charge in [-0.25, -0.2) is 9.79 Å². The van der Waals surface area contributed by atoms with Gasteiger partial charge in [-0.05, 0) is 18.4 Å². The van der Waals surface area contributed by atoms with Gasteiger partial charge in [-0.2, -0.15) is 9.13 Å². The maximum absolute atomic E-state index is 14.4. The molecule has 1 aliphatic rings. The topological polar surface area (TPSA) is 72.7 Å². The molecule has 0 amide bonds. The fourth-order valence-corrected chi connectivity index (χ4v) is 7.05. The monoisotopic (exact) mass is 709 g/mol. The molecule has 0 aliphatic carbocycles. The summed E-state index contributed by atoms with van der Waals surface area (Å²) in [5.41, 5.74) is 2.61. The lowest BCUT2D eigenvalue weighted by Crippen LogP contribution is -2.47. The van der Waals surface area contributed by atoms with Crippen molar-refractivity contribution in [3.63, 3.8) is 0 Å². The highest BCUT2D eigenvalue weighted by molar-refractivity contribution is 6.07. The van der Waals surface area contributed by atoms with E-state index < -0.39 is 17.8 Å². The fourth-order valence-electron chi connectivity index (χ4n) is 7.05. The Morgan fingerprint density at radius 3 is 1.58 bits per heavy atom. The lowest BCUT2D eigenvalue weighted by molar-refractivity contribution is -0.689. The molecule has 2 aromatic heterocycles. The molecule has 0 spiro atoms. The largest absolute Gasteiger partial charge is 0.465 e. The number of allylic oxidation sites excluding steroid dienone is 1. The lowest BCUT2D eigenvalue weighted by atomic mass is 9.75. The smallest absolute Gasteiger partial charge is 0.336 e. The standard InChI is InChI=1S/C45H63N3O4/c1-3-5-7-9-11-13-15-26-34-51-44(49)42-39(36-47-30-22-18-23-31-47)46-40(37-48-32-24-19-25-33-48)43(41(42)38-28-20-17-21-29-38)45(50)52-35-27-16-14-12-10-8-6-4-2/h17-25,28-33,41-42H,3-16,26-27,34-37H2,1-2H3/q+2. The zero-order valence-corrected chi connectivity index (χ0v) is 31.9. The summed E-state index contributed by atoms with van der Waals surface area (Å²) in [6, 6.07) is 21.7. The number of nitrogens with zero attached hydrogens (tertiary/aromatic N) is 3. The molecule has 52 heavy (non-hydrogen) atoms. The highest BCUT2D eigenvalue weighted by atomic mass is 16.5. The molecule has 0 saturated carbocycles. The summed E-state index contributed by atoms with van der Waals surface area (Å²) in [4.78, 5) is 33.9. The summed E-state index contributed by atoms with van der Waals surface area (Å²) in [6.45, 7) is 5.93. The van der Waals surface area contributed by atoms with Crippen LogP contribution in [0, 0.1) is 5.92 Å². The predicted octanol–water partition coefficient (Wildman–Crippen LogP) is 9.44. The number of pyridine rings is 2.